The highest BCUT2D eigenvalue weighted by molar-refractivity contribution is 5.77. The summed E-state index contributed by atoms with van der Waals surface area (Å²) in [5.74, 6) is -5.97. The van der Waals surface area contributed by atoms with Gasteiger partial charge in [0, 0.05) is 12.7 Å². The number of rotatable bonds is 9. The van der Waals surface area contributed by atoms with Gasteiger partial charge in [0.15, 0.2) is 0 Å². The molecule has 7 heteroatoms. The zero-order chi connectivity index (χ0) is 15.0. The van der Waals surface area contributed by atoms with Gasteiger partial charge in [-0.2, -0.15) is 8.78 Å². The summed E-state index contributed by atoms with van der Waals surface area (Å²) in [6, 6.07) is 4.82. The number of ether oxygens (including phenoxy) is 3. The predicted molar refractivity (Wildman–Crippen MR) is 66.2 cm³/mol. The Morgan fingerprint density at radius 2 is 1.95 bits per heavy atom. The quantitative estimate of drug-likeness (QED) is 0.704. The van der Waals surface area contributed by atoms with Crippen LogP contribution in [0.15, 0.2) is 24.3 Å². The molecular formula is C13H16F2O5. The first-order chi connectivity index (χ1) is 9.48. The summed E-state index contributed by atoms with van der Waals surface area (Å²) in [6.45, 7) is 1.33. The smallest absolute Gasteiger partial charge is 0.379 e. The van der Waals surface area contributed by atoms with Crippen LogP contribution in [0.3, 0.4) is 0 Å². The van der Waals surface area contributed by atoms with Crippen LogP contribution in [-0.2, 0) is 20.2 Å². The lowest BCUT2D eigenvalue weighted by molar-refractivity contribution is -0.166. The maximum Gasteiger partial charge on any atom is 0.379 e. The second-order valence-corrected chi connectivity index (χ2v) is 3.86. The lowest BCUT2D eigenvalue weighted by atomic mass is 10.1. The van der Waals surface area contributed by atoms with Gasteiger partial charge in [-0.3, -0.25) is 0 Å². The molecule has 5 nitrogen and oxygen atoms in total. The van der Waals surface area contributed by atoms with Crippen LogP contribution in [0.2, 0.25) is 0 Å². The highest BCUT2D eigenvalue weighted by atomic mass is 19.3. The molecule has 112 valence electrons. The molecule has 1 rings (SSSR count). The van der Waals surface area contributed by atoms with Crippen LogP contribution in [0, 0.1) is 0 Å². The van der Waals surface area contributed by atoms with E-state index in [1.807, 2.05) is 0 Å². The van der Waals surface area contributed by atoms with Gasteiger partial charge in [0.1, 0.15) is 12.4 Å². The van der Waals surface area contributed by atoms with Crippen molar-refractivity contribution in [2.45, 2.75) is 5.92 Å². The molecule has 20 heavy (non-hydrogen) atoms. The van der Waals surface area contributed by atoms with Crippen molar-refractivity contribution in [3.05, 3.63) is 29.8 Å². The fourth-order valence-corrected chi connectivity index (χ4v) is 1.37. The highest BCUT2D eigenvalue weighted by Gasteiger charge is 2.41. The Bertz CT molecular complexity index is 437. The highest BCUT2D eigenvalue weighted by Crippen LogP contribution is 2.30. The van der Waals surface area contributed by atoms with Gasteiger partial charge >= 0.3 is 11.9 Å². The Morgan fingerprint density at radius 1 is 1.25 bits per heavy atom. The zero-order valence-electron chi connectivity index (χ0n) is 11.0. The van der Waals surface area contributed by atoms with Crippen molar-refractivity contribution in [2.75, 3.05) is 33.5 Å². The van der Waals surface area contributed by atoms with Crippen molar-refractivity contribution in [3.63, 3.8) is 0 Å². The zero-order valence-corrected chi connectivity index (χ0v) is 11.0. The van der Waals surface area contributed by atoms with Gasteiger partial charge in [-0.05, 0) is 12.1 Å². The van der Waals surface area contributed by atoms with Gasteiger partial charge in [0.25, 0.3) is 0 Å². The minimum Gasteiger partial charge on any atom is -0.491 e. The van der Waals surface area contributed by atoms with Gasteiger partial charge in [-0.1, -0.05) is 12.1 Å². The minimum absolute atomic E-state index is 0.166. The molecule has 0 bridgehead atoms. The predicted octanol–water partition coefficient (Wildman–Crippen LogP) is 1.90. The average molecular weight is 290 g/mol. The van der Waals surface area contributed by atoms with Crippen LogP contribution in [-0.4, -0.2) is 44.6 Å². The SMILES string of the molecule is COCCOCCOc1cccc(C(F)(F)C(=O)O)c1. The minimum atomic E-state index is -3.94. The van der Waals surface area contributed by atoms with E-state index >= 15 is 0 Å². The molecule has 1 N–H and O–H groups in total. The van der Waals surface area contributed by atoms with Crippen molar-refractivity contribution < 1.29 is 32.9 Å². The number of methoxy groups -OCH3 is 1. The molecular weight excluding hydrogens is 274 g/mol. The second-order valence-electron chi connectivity index (χ2n) is 3.86. The Hall–Kier alpha value is -1.73. The molecule has 0 radical (unpaired) electrons. The number of carboxylic acids is 1. The molecule has 0 amide bonds. The maximum absolute atomic E-state index is 13.3. The molecule has 0 aliphatic heterocycles. The van der Waals surface area contributed by atoms with Crippen LogP contribution in [0.4, 0.5) is 8.78 Å². The monoisotopic (exact) mass is 290 g/mol. The van der Waals surface area contributed by atoms with Crippen molar-refractivity contribution in [3.8, 4) is 5.75 Å². The number of carboxylic acid groups (broad SMARTS) is 1. The van der Waals surface area contributed by atoms with Crippen LogP contribution in [0.25, 0.3) is 0 Å². The average Bonchev–Trinajstić information content (AvgIpc) is 2.43. The van der Waals surface area contributed by atoms with Gasteiger partial charge < -0.3 is 19.3 Å². The number of carbonyl (C=O) groups is 1. The normalized spacial score (nSPS) is 11.3. The van der Waals surface area contributed by atoms with Crippen LogP contribution < -0.4 is 4.74 Å². The van der Waals surface area contributed by atoms with E-state index in [1.165, 1.54) is 12.1 Å². The molecule has 0 saturated carbocycles. The molecule has 0 aliphatic carbocycles. The number of benzene rings is 1. The van der Waals surface area contributed by atoms with Crippen LogP contribution in [0.1, 0.15) is 5.56 Å². The first-order valence-electron chi connectivity index (χ1n) is 5.89. The third-order valence-electron chi connectivity index (χ3n) is 2.39. The van der Waals surface area contributed by atoms with E-state index < -0.39 is 17.5 Å². The van der Waals surface area contributed by atoms with Crippen LogP contribution >= 0.6 is 0 Å². The second kappa shape index (κ2) is 7.76. The molecule has 0 unspecified atom stereocenters. The molecule has 0 atom stereocenters. The van der Waals surface area contributed by atoms with E-state index in [4.69, 9.17) is 19.3 Å². The van der Waals surface area contributed by atoms with E-state index in [2.05, 4.69) is 0 Å². The summed E-state index contributed by atoms with van der Waals surface area (Å²) in [6.07, 6.45) is 0. The van der Waals surface area contributed by atoms with Gasteiger partial charge in [0.2, 0.25) is 0 Å². The Morgan fingerprint density at radius 3 is 2.60 bits per heavy atom. The molecule has 0 aromatic heterocycles. The van der Waals surface area contributed by atoms with Gasteiger partial charge in [-0.15, -0.1) is 0 Å². The molecule has 0 spiro atoms. The first-order valence-corrected chi connectivity index (χ1v) is 5.89. The summed E-state index contributed by atoms with van der Waals surface area (Å²) in [7, 11) is 1.55. The molecule has 1 aromatic carbocycles. The van der Waals surface area contributed by atoms with E-state index in [1.54, 1.807) is 7.11 Å². The molecule has 0 fully saturated rings. The molecule has 0 aliphatic rings. The number of aliphatic carboxylic acids is 1. The van der Waals surface area contributed by atoms with E-state index in [0.29, 0.717) is 13.2 Å². The summed E-state index contributed by atoms with van der Waals surface area (Å²) in [4.78, 5) is 10.5. The lowest BCUT2D eigenvalue weighted by Crippen LogP contribution is -2.25. The fraction of sp³-hybridized carbons (Fsp3) is 0.462. The largest absolute Gasteiger partial charge is 0.491 e. The number of alkyl halides is 2. The lowest BCUT2D eigenvalue weighted by Gasteiger charge is -2.13. The standard InChI is InChI=1S/C13H16F2O5/c1-18-5-6-19-7-8-20-11-4-2-3-10(9-11)13(14,15)12(16)17/h2-4,9H,5-8H2,1H3,(H,16,17). The first kappa shape index (κ1) is 16.3. The van der Waals surface area contributed by atoms with Gasteiger partial charge in [-0.25, -0.2) is 4.79 Å². The number of hydrogen-bond acceptors (Lipinski definition) is 4. The van der Waals surface area contributed by atoms with Crippen molar-refractivity contribution in [2.24, 2.45) is 0 Å². The number of hydrogen-bond donors (Lipinski definition) is 1. The van der Waals surface area contributed by atoms with Crippen molar-refractivity contribution >= 4 is 5.97 Å². The topological polar surface area (TPSA) is 65.0 Å². The molecule has 1 aromatic rings. The van der Waals surface area contributed by atoms with Gasteiger partial charge in [0.05, 0.1) is 19.8 Å². The van der Waals surface area contributed by atoms with E-state index in [-0.39, 0.29) is 19.0 Å². The van der Waals surface area contributed by atoms with Crippen LogP contribution in [0.5, 0.6) is 5.75 Å². The number of halogens is 2. The fourth-order valence-electron chi connectivity index (χ4n) is 1.37. The third-order valence-corrected chi connectivity index (χ3v) is 2.39. The van der Waals surface area contributed by atoms with E-state index in [9.17, 15) is 13.6 Å². The summed E-state index contributed by atoms with van der Waals surface area (Å²) in [5.41, 5.74) is -0.622. The maximum atomic E-state index is 13.3. The van der Waals surface area contributed by atoms with Crippen molar-refractivity contribution in [1.29, 1.82) is 0 Å². The van der Waals surface area contributed by atoms with E-state index in [0.717, 1.165) is 12.1 Å². The Labute approximate surface area is 115 Å². The third kappa shape index (κ3) is 4.75. The molecule has 0 saturated heterocycles. The van der Waals surface area contributed by atoms with Crippen molar-refractivity contribution in [1.82, 2.24) is 0 Å². The molecule has 0 heterocycles. The Balaban J connectivity index is 2.50. The summed E-state index contributed by atoms with van der Waals surface area (Å²) < 4.78 is 41.7. The Kier molecular flexibility index (Phi) is 6.33. The summed E-state index contributed by atoms with van der Waals surface area (Å²) in [5, 5.41) is 8.46. The summed E-state index contributed by atoms with van der Waals surface area (Å²) >= 11 is 0.